The highest BCUT2D eigenvalue weighted by Crippen LogP contribution is 2.34. The van der Waals surface area contributed by atoms with Crippen LogP contribution in [0.15, 0.2) is 22.7 Å². The second-order valence-corrected chi connectivity index (χ2v) is 6.64. The molecule has 0 atom stereocenters. The van der Waals surface area contributed by atoms with Crippen molar-refractivity contribution in [3.63, 3.8) is 0 Å². The van der Waals surface area contributed by atoms with E-state index in [1.807, 2.05) is 0 Å². The Labute approximate surface area is 124 Å². The highest BCUT2D eigenvalue weighted by atomic mass is 79.9. The average molecular weight is 331 g/mol. The largest absolute Gasteiger partial charge is 0.369 e. The summed E-state index contributed by atoms with van der Waals surface area (Å²) in [6, 6.07) is 7.33. The summed E-state index contributed by atoms with van der Waals surface area (Å²) in [5.41, 5.74) is 2.50. The summed E-state index contributed by atoms with van der Waals surface area (Å²) < 4.78 is 1.13. The first kappa shape index (κ1) is 14.2. The van der Waals surface area contributed by atoms with Crippen molar-refractivity contribution in [2.45, 2.75) is 45.0 Å². The van der Waals surface area contributed by atoms with Gasteiger partial charge in [-0.25, -0.2) is 0 Å². The summed E-state index contributed by atoms with van der Waals surface area (Å²) in [5, 5.41) is 0. The van der Waals surface area contributed by atoms with Crippen molar-refractivity contribution in [2.24, 2.45) is 5.92 Å². The van der Waals surface area contributed by atoms with Crippen molar-refractivity contribution in [2.75, 3.05) is 11.4 Å². The van der Waals surface area contributed by atoms with E-state index >= 15 is 0 Å². The lowest BCUT2D eigenvalue weighted by Crippen LogP contribution is -2.27. The third kappa shape index (κ3) is 3.64. The number of nitrogens with zero attached hydrogens (tertiary/aromatic N) is 1. The molecule has 3 heteroatoms. The van der Waals surface area contributed by atoms with Gasteiger partial charge in [0.2, 0.25) is 0 Å². The molecule has 0 bridgehead atoms. The van der Waals surface area contributed by atoms with Crippen LogP contribution >= 0.6 is 27.5 Å². The van der Waals surface area contributed by atoms with Crippen molar-refractivity contribution >= 4 is 33.2 Å². The predicted octanol–water partition coefficient (Wildman–Crippen LogP) is 5.20. The number of rotatable bonds is 6. The molecule has 0 amide bonds. The Morgan fingerprint density at radius 2 is 2.11 bits per heavy atom. The summed E-state index contributed by atoms with van der Waals surface area (Å²) in [4.78, 5) is 2.56. The molecule has 0 saturated heterocycles. The van der Waals surface area contributed by atoms with Crippen LogP contribution in [0.2, 0.25) is 0 Å². The van der Waals surface area contributed by atoms with Crippen molar-refractivity contribution < 1.29 is 0 Å². The van der Waals surface area contributed by atoms with Crippen LogP contribution in [0.25, 0.3) is 0 Å². The summed E-state index contributed by atoms with van der Waals surface area (Å²) in [7, 11) is 0. The van der Waals surface area contributed by atoms with E-state index in [0.717, 1.165) is 23.0 Å². The third-order valence-corrected chi connectivity index (χ3v) is 4.47. The van der Waals surface area contributed by atoms with Crippen LogP contribution in [0.4, 0.5) is 5.69 Å². The van der Waals surface area contributed by atoms with E-state index < -0.39 is 0 Å². The van der Waals surface area contributed by atoms with Gasteiger partial charge in [-0.1, -0.05) is 35.8 Å². The van der Waals surface area contributed by atoms with Gasteiger partial charge in [0, 0.05) is 28.6 Å². The maximum atomic E-state index is 5.90. The lowest BCUT2D eigenvalue weighted by molar-refractivity contribution is 0.570. The number of alkyl halides is 1. The van der Waals surface area contributed by atoms with Crippen molar-refractivity contribution in [1.82, 2.24) is 0 Å². The molecule has 1 saturated carbocycles. The monoisotopic (exact) mass is 329 g/mol. The van der Waals surface area contributed by atoms with Gasteiger partial charge in [0.05, 0.1) is 0 Å². The van der Waals surface area contributed by atoms with Gasteiger partial charge < -0.3 is 4.90 Å². The highest BCUT2D eigenvalue weighted by Gasteiger charge is 2.29. The Balaban J connectivity index is 2.12. The van der Waals surface area contributed by atoms with Gasteiger partial charge in [-0.15, -0.1) is 11.6 Å². The maximum Gasteiger partial charge on any atom is 0.0485 e. The maximum absolute atomic E-state index is 5.90. The number of benzene rings is 1. The van der Waals surface area contributed by atoms with Crippen LogP contribution in [-0.4, -0.2) is 12.6 Å². The molecule has 1 aromatic carbocycles. The number of hydrogen-bond donors (Lipinski definition) is 0. The fourth-order valence-electron chi connectivity index (χ4n) is 2.13. The molecule has 0 radical (unpaired) electrons. The van der Waals surface area contributed by atoms with Gasteiger partial charge in [0.1, 0.15) is 0 Å². The average Bonchev–Trinajstić information content (AvgIpc) is 3.13. The minimum Gasteiger partial charge on any atom is -0.369 e. The van der Waals surface area contributed by atoms with E-state index in [1.165, 1.54) is 30.5 Å². The molecule has 0 spiro atoms. The summed E-state index contributed by atoms with van der Waals surface area (Å²) in [5.74, 6) is 1.33. The molecule has 1 aliphatic rings. The minimum absolute atomic E-state index is 0.566. The lowest BCUT2D eigenvalue weighted by atomic mass is 10.1. The van der Waals surface area contributed by atoms with Crippen LogP contribution in [-0.2, 0) is 5.88 Å². The summed E-state index contributed by atoms with van der Waals surface area (Å²) in [6.07, 6.45) is 3.94. The number of hydrogen-bond acceptors (Lipinski definition) is 1. The van der Waals surface area contributed by atoms with Crippen LogP contribution < -0.4 is 4.90 Å². The molecule has 1 aromatic rings. The molecule has 1 nitrogen and oxygen atoms in total. The SMILES string of the molecule is CC(C)CCN(c1ccc(CCl)c(Br)c1)C1CC1. The first-order valence-corrected chi connectivity index (χ1v) is 8.05. The standard InChI is InChI=1S/C15H21BrClN/c1-11(2)7-8-18(13-5-6-13)14-4-3-12(10-17)15(16)9-14/h3-4,9,11,13H,5-8,10H2,1-2H3. The predicted molar refractivity (Wildman–Crippen MR) is 83.5 cm³/mol. The molecular weight excluding hydrogens is 310 g/mol. The zero-order valence-corrected chi connectivity index (χ0v) is 13.5. The number of anilines is 1. The first-order valence-electron chi connectivity index (χ1n) is 6.73. The van der Waals surface area contributed by atoms with E-state index in [9.17, 15) is 0 Å². The van der Waals surface area contributed by atoms with Crippen molar-refractivity contribution in [3.05, 3.63) is 28.2 Å². The molecule has 0 aromatic heterocycles. The normalized spacial score (nSPS) is 15.2. The lowest BCUT2D eigenvalue weighted by Gasteiger charge is -2.26. The Kier molecular flexibility index (Phi) is 4.97. The van der Waals surface area contributed by atoms with Crippen LogP contribution in [0, 0.1) is 5.92 Å². The summed E-state index contributed by atoms with van der Waals surface area (Å²) >= 11 is 9.51. The zero-order valence-electron chi connectivity index (χ0n) is 11.1. The number of halogens is 2. The molecule has 0 aliphatic heterocycles. The molecule has 1 fully saturated rings. The topological polar surface area (TPSA) is 3.24 Å². The van der Waals surface area contributed by atoms with Crippen molar-refractivity contribution in [1.29, 1.82) is 0 Å². The first-order chi connectivity index (χ1) is 8.61. The van der Waals surface area contributed by atoms with Gasteiger partial charge in [-0.3, -0.25) is 0 Å². The van der Waals surface area contributed by atoms with Gasteiger partial charge in [0.15, 0.2) is 0 Å². The van der Waals surface area contributed by atoms with E-state index in [4.69, 9.17) is 11.6 Å². The zero-order chi connectivity index (χ0) is 13.1. The van der Waals surface area contributed by atoms with Crippen LogP contribution in [0.3, 0.4) is 0 Å². The van der Waals surface area contributed by atoms with Crippen LogP contribution in [0.1, 0.15) is 38.7 Å². The Morgan fingerprint density at radius 3 is 2.61 bits per heavy atom. The molecule has 2 rings (SSSR count). The molecule has 1 aliphatic carbocycles. The fraction of sp³-hybridized carbons (Fsp3) is 0.600. The highest BCUT2D eigenvalue weighted by molar-refractivity contribution is 9.10. The van der Waals surface area contributed by atoms with Gasteiger partial charge in [-0.2, -0.15) is 0 Å². The smallest absolute Gasteiger partial charge is 0.0485 e. The summed E-state index contributed by atoms with van der Waals surface area (Å²) in [6.45, 7) is 5.74. The molecule has 0 heterocycles. The van der Waals surface area contributed by atoms with Crippen molar-refractivity contribution in [3.8, 4) is 0 Å². The Morgan fingerprint density at radius 1 is 1.39 bits per heavy atom. The quantitative estimate of drug-likeness (QED) is 0.648. The van der Waals surface area contributed by atoms with E-state index in [2.05, 4.69) is 52.9 Å². The van der Waals surface area contributed by atoms with E-state index in [1.54, 1.807) is 0 Å². The molecule has 0 N–H and O–H groups in total. The molecule has 18 heavy (non-hydrogen) atoms. The van der Waals surface area contributed by atoms with Gasteiger partial charge in [0.25, 0.3) is 0 Å². The van der Waals surface area contributed by atoms with E-state index in [0.29, 0.717) is 5.88 Å². The second-order valence-electron chi connectivity index (χ2n) is 5.52. The fourth-order valence-corrected chi connectivity index (χ4v) is 3.03. The molecular formula is C15H21BrClN. The van der Waals surface area contributed by atoms with Crippen LogP contribution in [0.5, 0.6) is 0 Å². The van der Waals surface area contributed by atoms with Gasteiger partial charge in [-0.05, 0) is 42.9 Å². The Hall–Kier alpha value is -0.210. The Bertz CT molecular complexity index is 401. The van der Waals surface area contributed by atoms with Gasteiger partial charge >= 0.3 is 0 Å². The van der Waals surface area contributed by atoms with E-state index in [-0.39, 0.29) is 0 Å². The molecule has 0 unspecified atom stereocenters. The minimum atomic E-state index is 0.566. The third-order valence-electron chi connectivity index (χ3n) is 3.45. The molecule has 100 valence electrons. The second kappa shape index (κ2) is 6.29.